The fourth-order valence-electron chi connectivity index (χ4n) is 1.12. The Bertz CT molecular complexity index is 341. The third kappa shape index (κ3) is 3.71. The van der Waals surface area contributed by atoms with E-state index in [0.29, 0.717) is 5.69 Å². The number of rotatable bonds is 4. The summed E-state index contributed by atoms with van der Waals surface area (Å²) >= 11 is 0. The SMILES string of the molecule is NCC(O)CNc1cccc(C(F)(F)F)c1. The molecule has 1 aromatic rings. The van der Waals surface area contributed by atoms with Crippen LogP contribution in [0.3, 0.4) is 0 Å². The van der Waals surface area contributed by atoms with Crippen molar-refractivity contribution in [2.24, 2.45) is 5.73 Å². The van der Waals surface area contributed by atoms with E-state index in [4.69, 9.17) is 10.8 Å². The summed E-state index contributed by atoms with van der Waals surface area (Å²) in [6.45, 7) is 0.184. The zero-order valence-electron chi connectivity index (χ0n) is 8.46. The zero-order chi connectivity index (χ0) is 12.2. The highest BCUT2D eigenvalue weighted by Gasteiger charge is 2.30. The van der Waals surface area contributed by atoms with E-state index in [1.165, 1.54) is 12.1 Å². The first-order valence-corrected chi connectivity index (χ1v) is 4.72. The van der Waals surface area contributed by atoms with Crippen molar-refractivity contribution in [3.63, 3.8) is 0 Å². The average molecular weight is 234 g/mol. The molecule has 0 bridgehead atoms. The fourth-order valence-corrected chi connectivity index (χ4v) is 1.12. The number of alkyl halides is 3. The van der Waals surface area contributed by atoms with Crippen LogP contribution in [0.5, 0.6) is 0 Å². The van der Waals surface area contributed by atoms with Crippen LogP contribution >= 0.6 is 0 Å². The standard InChI is InChI=1S/C10H13F3N2O/c11-10(12,13)7-2-1-3-8(4-7)15-6-9(16)5-14/h1-4,9,15-16H,5-6,14H2. The Kier molecular flexibility index (Phi) is 4.14. The Hall–Kier alpha value is -1.27. The van der Waals surface area contributed by atoms with Gasteiger partial charge >= 0.3 is 6.18 Å². The third-order valence-corrected chi connectivity index (χ3v) is 2.00. The summed E-state index contributed by atoms with van der Waals surface area (Å²) in [5, 5.41) is 11.8. The van der Waals surface area contributed by atoms with Crippen LogP contribution in [0.4, 0.5) is 18.9 Å². The van der Waals surface area contributed by atoms with Crippen molar-refractivity contribution < 1.29 is 18.3 Å². The highest BCUT2D eigenvalue weighted by molar-refractivity contribution is 5.46. The minimum absolute atomic E-state index is 0.0615. The normalized spacial score (nSPS) is 13.6. The highest BCUT2D eigenvalue weighted by Crippen LogP contribution is 2.30. The second-order valence-corrected chi connectivity index (χ2v) is 3.35. The van der Waals surface area contributed by atoms with E-state index in [9.17, 15) is 13.2 Å². The number of nitrogens with one attached hydrogen (secondary N) is 1. The number of halogens is 3. The molecule has 1 rings (SSSR count). The number of aliphatic hydroxyl groups is 1. The van der Waals surface area contributed by atoms with E-state index in [1.807, 2.05) is 0 Å². The molecule has 16 heavy (non-hydrogen) atoms. The monoisotopic (exact) mass is 234 g/mol. The highest BCUT2D eigenvalue weighted by atomic mass is 19.4. The van der Waals surface area contributed by atoms with Crippen LogP contribution in [-0.4, -0.2) is 24.3 Å². The van der Waals surface area contributed by atoms with Gasteiger partial charge in [-0.05, 0) is 18.2 Å². The summed E-state index contributed by atoms with van der Waals surface area (Å²) < 4.78 is 37.0. The number of aliphatic hydroxyl groups excluding tert-OH is 1. The third-order valence-electron chi connectivity index (χ3n) is 2.00. The molecule has 1 aromatic carbocycles. The molecule has 1 unspecified atom stereocenters. The van der Waals surface area contributed by atoms with Crippen molar-refractivity contribution in [2.45, 2.75) is 12.3 Å². The van der Waals surface area contributed by atoms with Gasteiger partial charge in [0.1, 0.15) is 0 Å². The molecule has 0 saturated carbocycles. The maximum atomic E-state index is 12.3. The molecule has 0 aliphatic heterocycles. The molecular formula is C10H13F3N2O. The first-order chi connectivity index (χ1) is 7.43. The van der Waals surface area contributed by atoms with Gasteiger partial charge in [0.15, 0.2) is 0 Å². The van der Waals surface area contributed by atoms with Gasteiger partial charge in [-0.2, -0.15) is 13.2 Å². The van der Waals surface area contributed by atoms with Gasteiger partial charge < -0.3 is 16.2 Å². The van der Waals surface area contributed by atoms with Crippen molar-refractivity contribution in [1.29, 1.82) is 0 Å². The van der Waals surface area contributed by atoms with Crippen LogP contribution < -0.4 is 11.1 Å². The van der Waals surface area contributed by atoms with Crippen molar-refractivity contribution in [3.8, 4) is 0 Å². The molecule has 3 nitrogen and oxygen atoms in total. The van der Waals surface area contributed by atoms with Crippen LogP contribution in [0, 0.1) is 0 Å². The Balaban J connectivity index is 2.68. The molecule has 0 heterocycles. The lowest BCUT2D eigenvalue weighted by atomic mass is 10.2. The second-order valence-electron chi connectivity index (χ2n) is 3.35. The zero-order valence-corrected chi connectivity index (χ0v) is 8.46. The van der Waals surface area contributed by atoms with Crippen molar-refractivity contribution in [3.05, 3.63) is 29.8 Å². The summed E-state index contributed by atoms with van der Waals surface area (Å²) in [6.07, 6.45) is -5.13. The number of hydrogen-bond donors (Lipinski definition) is 3. The van der Waals surface area contributed by atoms with Crippen molar-refractivity contribution in [1.82, 2.24) is 0 Å². The average Bonchev–Trinajstić information content (AvgIpc) is 2.25. The molecule has 0 amide bonds. The number of anilines is 1. The van der Waals surface area contributed by atoms with Gasteiger partial charge in [0.05, 0.1) is 11.7 Å². The van der Waals surface area contributed by atoms with Gasteiger partial charge in [-0.1, -0.05) is 6.07 Å². The molecule has 0 aromatic heterocycles. The molecule has 4 N–H and O–H groups in total. The smallest absolute Gasteiger partial charge is 0.390 e. The number of hydrogen-bond acceptors (Lipinski definition) is 3. The Morgan fingerprint density at radius 3 is 2.62 bits per heavy atom. The molecule has 0 radical (unpaired) electrons. The lowest BCUT2D eigenvalue weighted by Gasteiger charge is -2.12. The summed E-state index contributed by atoms with van der Waals surface area (Å²) in [6, 6.07) is 4.78. The summed E-state index contributed by atoms with van der Waals surface area (Å²) in [4.78, 5) is 0. The second kappa shape index (κ2) is 5.18. The van der Waals surface area contributed by atoms with Gasteiger partial charge in [-0.25, -0.2) is 0 Å². The number of nitrogens with two attached hydrogens (primary N) is 1. The molecule has 0 saturated heterocycles. The maximum absolute atomic E-state index is 12.3. The van der Waals surface area contributed by atoms with Crippen LogP contribution in [0.2, 0.25) is 0 Å². The minimum Gasteiger partial charge on any atom is -0.390 e. The van der Waals surface area contributed by atoms with Gasteiger partial charge in [0, 0.05) is 18.8 Å². The van der Waals surface area contributed by atoms with Crippen LogP contribution in [-0.2, 0) is 6.18 Å². The molecule has 1 atom stereocenters. The molecule has 90 valence electrons. The predicted molar refractivity (Wildman–Crippen MR) is 55.0 cm³/mol. The lowest BCUT2D eigenvalue weighted by molar-refractivity contribution is -0.137. The van der Waals surface area contributed by atoms with E-state index in [2.05, 4.69) is 5.32 Å². The molecule has 6 heteroatoms. The largest absolute Gasteiger partial charge is 0.416 e. The first-order valence-electron chi connectivity index (χ1n) is 4.72. The summed E-state index contributed by atoms with van der Waals surface area (Å²) in [7, 11) is 0. The minimum atomic E-state index is -4.36. The Labute approximate surface area is 91.1 Å². The molecule has 0 aliphatic rings. The number of benzene rings is 1. The predicted octanol–water partition coefficient (Wildman–Crippen LogP) is 1.44. The van der Waals surface area contributed by atoms with E-state index >= 15 is 0 Å². The summed E-state index contributed by atoms with van der Waals surface area (Å²) in [5.41, 5.74) is 4.75. The molecule has 0 spiro atoms. The summed E-state index contributed by atoms with van der Waals surface area (Å²) in [5.74, 6) is 0. The van der Waals surface area contributed by atoms with E-state index < -0.39 is 17.8 Å². The van der Waals surface area contributed by atoms with Gasteiger partial charge in [-0.3, -0.25) is 0 Å². The van der Waals surface area contributed by atoms with Gasteiger partial charge in [0.25, 0.3) is 0 Å². The van der Waals surface area contributed by atoms with Crippen molar-refractivity contribution in [2.75, 3.05) is 18.4 Å². The van der Waals surface area contributed by atoms with E-state index in [-0.39, 0.29) is 13.1 Å². The molecule has 0 aliphatic carbocycles. The lowest BCUT2D eigenvalue weighted by Crippen LogP contribution is -2.27. The topological polar surface area (TPSA) is 58.3 Å². The van der Waals surface area contributed by atoms with Crippen molar-refractivity contribution >= 4 is 5.69 Å². The van der Waals surface area contributed by atoms with E-state index in [1.54, 1.807) is 0 Å². The molecule has 0 fully saturated rings. The van der Waals surface area contributed by atoms with Gasteiger partial charge in [0.2, 0.25) is 0 Å². The van der Waals surface area contributed by atoms with Gasteiger partial charge in [-0.15, -0.1) is 0 Å². The molecular weight excluding hydrogens is 221 g/mol. The Morgan fingerprint density at radius 2 is 2.06 bits per heavy atom. The fraction of sp³-hybridized carbons (Fsp3) is 0.400. The Morgan fingerprint density at radius 1 is 1.38 bits per heavy atom. The first kappa shape index (κ1) is 12.8. The maximum Gasteiger partial charge on any atom is 0.416 e. The quantitative estimate of drug-likeness (QED) is 0.738. The van der Waals surface area contributed by atoms with E-state index in [0.717, 1.165) is 12.1 Å². The van der Waals surface area contributed by atoms with Crippen LogP contribution in [0.15, 0.2) is 24.3 Å². The van der Waals surface area contributed by atoms with Crippen LogP contribution in [0.25, 0.3) is 0 Å². The van der Waals surface area contributed by atoms with Crippen LogP contribution in [0.1, 0.15) is 5.56 Å².